The van der Waals surface area contributed by atoms with E-state index in [1.165, 1.54) is 12.0 Å². The van der Waals surface area contributed by atoms with E-state index < -0.39 is 0 Å². The number of phenolic OH excluding ortho intramolecular Hbond substituents is 1. The Bertz CT molecular complexity index is 1060. The summed E-state index contributed by atoms with van der Waals surface area (Å²) >= 11 is 1.59. The van der Waals surface area contributed by atoms with E-state index in [1.54, 1.807) is 35.8 Å². The molecule has 0 spiro atoms. The lowest BCUT2D eigenvalue weighted by atomic mass is 9.95. The zero-order chi connectivity index (χ0) is 20.2. The number of benzene rings is 2. The van der Waals surface area contributed by atoms with Gasteiger partial charge in [0.25, 0.3) is 5.91 Å². The number of anilines is 1. The average Bonchev–Trinajstić information content (AvgIpc) is 3.12. The first-order valence-electron chi connectivity index (χ1n) is 9.57. The van der Waals surface area contributed by atoms with Crippen LogP contribution >= 0.6 is 11.3 Å². The lowest BCUT2D eigenvalue weighted by molar-refractivity contribution is 0.102. The normalized spacial score (nSPS) is 13.3. The molecule has 0 aliphatic heterocycles. The van der Waals surface area contributed by atoms with Crippen LogP contribution in [0.5, 0.6) is 11.5 Å². The fourth-order valence-electron chi connectivity index (χ4n) is 3.50. The molecule has 1 heterocycles. The van der Waals surface area contributed by atoms with Crippen molar-refractivity contribution in [3.05, 3.63) is 70.1 Å². The van der Waals surface area contributed by atoms with Crippen LogP contribution in [-0.2, 0) is 12.8 Å². The highest BCUT2D eigenvalue weighted by Gasteiger charge is 2.25. The summed E-state index contributed by atoms with van der Waals surface area (Å²) in [6.07, 6.45) is 5.85. The van der Waals surface area contributed by atoms with Gasteiger partial charge in [0.1, 0.15) is 5.00 Å². The summed E-state index contributed by atoms with van der Waals surface area (Å²) in [6, 6.07) is 14.5. The van der Waals surface area contributed by atoms with E-state index in [-0.39, 0.29) is 11.7 Å². The molecule has 0 unspecified atom stereocenters. The third kappa shape index (κ3) is 4.17. The Labute approximate surface area is 173 Å². The lowest BCUT2D eigenvalue weighted by Crippen LogP contribution is -2.14. The van der Waals surface area contributed by atoms with Gasteiger partial charge >= 0.3 is 0 Å². The largest absolute Gasteiger partial charge is 0.504 e. The fourth-order valence-corrected chi connectivity index (χ4v) is 4.73. The van der Waals surface area contributed by atoms with E-state index in [4.69, 9.17) is 4.74 Å². The van der Waals surface area contributed by atoms with Crippen LogP contribution in [0.1, 0.15) is 39.2 Å². The highest BCUT2D eigenvalue weighted by Crippen LogP contribution is 2.40. The van der Waals surface area contributed by atoms with E-state index in [0.717, 1.165) is 47.5 Å². The number of carbonyl (C=O) groups is 1. The number of aromatic hydroxyl groups is 1. The van der Waals surface area contributed by atoms with E-state index in [9.17, 15) is 9.90 Å². The maximum atomic E-state index is 13.1. The maximum Gasteiger partial charge on any atom is 0.259 e. The molecule has 0 fully saturated rings. The van der Waals surface area contributed by atoms with Crippen molar-refractivity contribution in [1.82, 2.24) is 0 Å². The average molecular weight is 407 g/mol. The second-order valence-electron chi connectivity index (χ2n) is 6.90. The first-order valence-corrected chi connectivity index (χ1v) is 10.4. The third-order valence-electron chi connectivity index (χ3n) is 4.95. The minimum atomic E-state index is -0.119. The van der Waals surface area contributed by atoms with E-state index in [0.29, 0.717) is 11.3 Å². The quantitative estimate of drug-likeness (QED) is 0.562. The summed E-state index contributed by atoms with van der Waals surface area (Å²) in [6.45, 7) is 0. The summed E-state index contributed by atoms with van der Waals surface area (Å²) in [5.41, 5.74) is 3.37. The smallest absolute Gasteiger partial charge is 0.259 e. The van der Waals surface area contributed by atoms with Crippen LogP contribution in [0.15, 0.2) is 53.5 Å². The number of phenols is 1. The number of para-hydroxylation sites is 1. The molecule has 0 atom stereocenters. The molecule has 1 aromatic heterocycles. The number of carbonyl (C=O) groups excluding carboxylic acids is 1. The first kappa shape index (κ1) is 19.2. The molecule has 1 aliphatic carbocycles. The number of hydrogen-bond donors (Lipinski definition) is 2. The minimum absolute atomic E-state index is 0.0826. The van der Waals surface area contributed by atoms with Crippen molar-refractivity contribution < 1.29 is 14.6 Å². The molecule has 3 aromatic rings. The molecule has 0 saturated heterocycles. The number of nitrogens with zero attached hydrogens (tertiary/aromatic N) is 1. The summed E-state index contributed by atoms with van der Waals surface area (Å²) in [5.74, 6) is 0.353. The zero-order valence-corrected chi connectivity index (χ0v) is 17.0. The van der Waals surface area contributed by atoms with Crippen LogP contribution in [0.3, 0.4) is 0 Å². The molecule has 0 saturated carbocycles. The number of rotatable bonds is 5. The predicted octanol–water partition coefficient (Wildman–Crippen LogP) is 5.34. The Hall–Kier alpha value is -3.12. The summed E-state index contributed by atoms with van der Waals surface area (Å²) < 4.78 is 5.16. The molecule has 1 amide bonds. The van der Waals surface area contributed by atoms with Gasteiger partial charge in [-0.05, 0) is 67.1 Å². The van der Waals surface area contributed by atoms with Crippen LogP contribution in [-0.4, -0.2) is 24.3 Å². The van der Waals surface area contributed by atoms with Crippen LogP contribution < -0.4 is 10.1 Å². The monoisotopic (exact) mass is 406 g/mol. The van der Waals surface area contributed by atoms with Crippen molar-refractivity contribution in [2.45, 2.75) is 25.7 Å². The van der Waals surface area contributed by atoms with E-state index >= 15 is 0 Å². The number of thiophene rings is 1. The van der Waals surface area contributed by atoms with Crippen molar-refractivity contribution in [3.8, 4) is 11.5 Å². The standard InChI is InChI=1S/C23H22N2O3S/c1-28-19-13-15(11-12-18(19)26)14-24-23-21(17-9-5-6-10-20(17)29-23)22(27)25-16-7-3-2-4-8-16/h2-4,7-8,11-14,26H,5-6,9-10H2,1H3,(H,25,27). The van der Waals surface area contributed by atoms with Crippen molar-refractivity contribution in [1.29, 1.82) is 0 Å². The van der Waals surface area contributed by atoms with Crippen molar-refractivity contribution in [3.63, 3.8) is 0 Å². The SMILES string of the molecule is COc1cc(C=Nc2sc3c(c2C(=O)Nc2ccccc2)CCCC3)ccc1O. The molecule has 2 N–H and O–H groups in total. The summed E-state index contributed by atoms with van der Waals surface area (Å²) in [5, 5.41) is 13.5. The molecule has 5 nitrogen and oxygen atoms in total. The fraction of sp³-hybridized carbons (Fsp3) is 0.217. The van der Waals surface area contributed by atoms with Gasteiger partial charge in [0.05, 0.1) is 12.7 Å². The summed E-state index contributed by atoms with van der Waals surface area (Å²) in [4.78, 5) is 19.0. The number of methoxy groups -OCH3 is 1. The van der Waals surface area contributed by atoms with Crippen molar-refractivity contribution >= 4 is 34.1 Å². The Balaban J connectivity index is 1.68. The lowest BCUT2D eigenvalue weighted by Gasteiger charge is -2.12. The molecular formula is C23H22N2O3S. The van der Waals surface area contributed by atoms with E-state index in [1.807, 2.05) is 30.3 Å². The molecule has 6 heteroatoms. The van der Waals surface area contributed by atoms with Gasteiger partial charge in [-0.1, -0.05) is 18.2 Å². The predicted molar refractivity (Wildman–Crippen MR) is 117 cm³/mol. The van der Waals surface area contributed by atoms with Crippen molar-refractivity contribution in [2.75, 3.05) is 12.4 Å². The van der Waals surface area contributed by atoms with Gasteiger partial charge in [0.2, 0.25) is 0 Å². The van der Waals surface area contributed by atoms with Gasteiger partial charge in [-0.15, -0.1) is 11.3 Å². The number of ether oxygens (including phenoxy) is 1. The number of fused-ring (bicyclic) bond motifs is 1. The molecule has 2 aromatic carbocycles. The molecule has 1 aliphatic rings. The maximum absolute atomic E-state index is 13.1. The number of amides is 1. The van der Waals surface area contributed by atoms with Crippen LogP contribution in [0, 0.1) is 0 Å². The molecule has 148 valence electrons. The number of aryl methyl sites for hydroxylation is 1. The minimum Gasteiger partial charge on any atom is -0.504 e. The van der Waals surface area contributed by atoms with E-state index in [2.05, 4.69) is 10.3 Å². The molecule has 4 rings (SSSR count). The Kier molecular flexibility index (Phi) is 5.62. The topological polar surface area (TPSA) is 70.9 Å². The molecule has 0 radical (unpaired) electrons. The molecule has 29 heavy (non-hydrogen) atoms. The Morgan fingerprint density at radius 2 is 1.97 bits per heavy atom. The van der Waals surface area contributed by atoms with Gasteiger partial charge in [0.15, 0.2) is 11.5 Å². The highest BCUT2D eigenvalue weighted by molar-refractivity contribution is 7.16. The van der Waals surface area contributed by atoms with Gasteiger partial charge in [-0.3, -0.25) is 4.79 Å². The third-order valence-corrected chi connectivity index (χ3v) is 6.15. The molecule has 0 bridgehead atoms. The van der Waals surface area contributed by atoms with Gasteiger partial charge in [-0.25, -0.2) is 4.99 Å². The molecular weight excluding hydrogens is 384 g/mol. The second kappa shape index (κ2) is 8.49. The zero-order valence-electron chi connectivity index (χ0n) is 16.1. The van der Waals surface area contributed by atoms with Gasteiger partial charge in [-0.2, -0.15) is 0 Å². The van der Waals surface area contributed by atoms with Gasteiger partial charge < -0.3 is 15.2 Å². The van der Waals surface area contributed by atoms with Crippen LogP contribution in [0.2, 0.25) is 0 Å². The number of aliphatic imine (C=N–C) groups is 1. The number of nitrogens with one attached hydrogen (secondary N) is 1. The Morgan fingerprint density at radius 1 is 1.17 bits per heavy atom. The highest BCUT2D eigenvalue weighted by atomic mass is 32.1. The second-order valence-corrected chi connectivity index (χ2v) is 7.98. The van der Waals surface area contributed by atoms with Gasteiger partial charge in [0, 0.05) is 16.8 Å². The van der Waals surface area contributed by atoms with Crippen LogP contribution in [0.4, 0.5) is 10.7 Å². The Morgan fingerprint density at radius 3 is 2.76 bits per heavy atom. The number of hydrogen-bond acceptors (Lipinski definition) is 5. The van der Waals surface area contributed by atoms with Crippen molar-refractivity contribution in [2.24, 2.45) is 4.99 Å². The van der Waals surface area contributed by atoms with Crippen LogP contribution in [0.25, 0.3) is 0 Å². The first-order chi connectivity index (χ1) is 14.2. The summed E-state index contributed by atoms with van der Waals surface area (Å²) in [7, 11) is 1.51.